The van der Waals surface area contributed by atoms with Crippen LogP contribution < -0.4 is 5.43 Å². The van der Waals surface area contributed by atoms with Gasteiger partial charge in [0.1, 0.15) is 0 Å². The third kappa shape index (κ3) is 10.7. The van der Waals surface area contributed by atoms with Crippen molar-refractivity contribution in [2.24, 2.45) is 5.10 Å². The number of rotatable bonds is 0. The van der Waals surface area contributed by atoms with E-state index in [2.05, 4.69) is 10.5 Å². The molecule has 1 radical (unpaired) electrons. The molecule has 0 atom stereocenters. The highest BCUT2D eigenvalue weighted by molar-refractivity contribution is 5.72. The van der Waals surface area contributed by atoms with Crippen molar-refractivity contribution in [2.75, 3.05) is 0 Å². The van der Waals surface area contributed by atoms with Gasteiger partial charge in [0.25, 0.3) is 5.09 Å². The summed E-state index contributed by atoms with van der Waals surface area (Å²) in [5.74, 6) is 0. The summed E-state index contributed by atoms with van der Waals surface area (Å²) in [6.07, 6.45) is 5.06. The van der Waals surface area contributed by atoms with Crippen LogP contribution in [0.1, 0.15) is 0 Å². The van der Waals surface area contributed by atoms with Gasteiger partial charge >= 0.3 is 0 Å². The van der Waals surface area contributed by atoms with Crippen molar-refractivity contribution < 1.29 is 10.3 Å². The molecule has 49 valence electrons. The fourth-order valence-corrected chi connectivity index (χ4v) is 0.192. The van der Waals surface area contributed by atoms with E-state index in [1.165, 1.54) is 0 Å². The Bertz CT molecular complexity index is 127. The van der Waals surface area contributed by atoms with Gasteiger partial charge in [-0.2, -0.15) is 10.5 Å². The van der Waals surface area contributed by atoms with E-state index in [0.29, 0.717) is 0 Å². The average molecular weight is 130 g/mol. The standard InChI is InChI=1S/C3H3N2.HNO3/c1-2-4-5-3-1;2-1(3)4/h1-3H;(H,2,3,4). The lowest BCUT2D eigenvalue weighted by molar-refractivity contribution is -0.742. The summed E-state index contributed by atoms with van der Waals surface area (Å²) in [5, 5.41) is 17.1. The first-order valence-corrected chi connectivity index (χ1v) is 1.95. The molecule has 6 nitrogen and oxygen atoms in total. The molecule has 6 heteroatoms. The van der Waals surface area contributed by atoms with Gasteiger partial charge in [-0.1, -0.05) is 0 Å². The zero-order valence-electron chi connectivity index (χ0n) is 4.34. The number of hydrogen-bond donors (Lipinski definition) is 1. The van der Waals surface area contributed by atoms with E-state index in [0.717, 1.165) is 0 Å². The molecular weight excluding hydrogens is 126 g/mol. The SMILES string of the molecule is C1=C[N]N=C1.O=[N+]([O-])O. The Labute approximate surface area is 50.6 Å². The minimum Gasteiger partial charge on any atom is -0.328 e. The van der Waals surface area contributed by atoms with Crippen LogP contribution in [0.25, 0.3) is 0 Å². The Balaban J connectivity index is 0.000000148. The van der Waals surface area contributed by atoms with Gasteiger partial charge in [0.05, 0.1) is 12.4 Å². The van der Waals surface area contributed by atoms with Crippen LogP contribution in [0.2, 0.25) is 0 Å². The largest absolute Gasteiger partial charge is 0.328 e. The van der Waals surface area contributed by atoms with Crippen molar-refractivity contribution >= 4 is 6.21 Å². The first-order chi connectivity index (χ1) is 4.23. The maximum absolute atomic E-state index is 8.36. The molecule has 0 fully saturated rings. The van der Waals surface area contributed by atoms with Gasteiger partial charge in [-0.25, -0.2) is 0 Å². The highest BCUT2D eigenvalue weighted by atomic mass is 16.9. The molecule has 1 aliphatic rings. The van der Waals surface area contributed by atoms with Gasteiger partial charge in [-0.3, -0.25) is 0 Å². The van der Waals surface area contributed by atoms with Gasteiger partial charge in [0.15, 0.2) is 0 Å². The highest BCUT2D eigenvalue weighted by Gasteiger charge is 1.72. The van der Waals surface area contributed by atoms with Crippen LogP contribution in [0.15, 0.2) is 17.4 Å². The normalized spacial score (nSPS) is 11.6. The molecule has 0 aromatic heterocycles. The number of hydrogen-bond acceptors (Lipinski definition) is 3. The van der Waals surface area contributed by atoms with Gasteiger partial charge in [0, 0.05) is 0 Å². The van der Waals surface area contributed by atoms with Crippen molar-refractivity contribution in [1.29, 1.82) is 0 Å². The predicted octanol–water partition coefficient (Wildman–Crippen LogP) is -0.244. The molecule has 0 aliphatic carbocycles. The second kappa shape index (κ2) is 4.57. The van der Waals surface area contributed by atoms with Crippen LogP contribution in [-0.2, 0) is 0 Å². The van der Waals surface area contributed by atoms with E-state index in [9.17, 15) is 0 Å². The first kappa shape index (κ1) is 7.41. The summed E-state index contributed by atoms with van der Waals surface area (Å²) in [4.78, 5) is 8.36. The topological polar surface area (TPSA) is 89.8 Å². The molecule has 1 N–H and O–H groups in total. The van der Waals surface area contributed by atoms with Crippen LogP contribution in [0.4, 0.5) is 0 Å². The lowest BCUT2D eigenvalue weighted by atomic mass is 10.7. The second-order valence-corrected chi connectivity index (χ2v) is 0.959. The fraction of sp³-hybridized carbons (Fsp3) is 0. The summed E-state index contributed by atoms with van der Waals surface area (Å²) in [6, 6.07) is 0. The molecule has 0 bridgehead atoms. The van der Waals surface area contributed by atoms with Crippen LogP contribution in [0.5, 0.6) is 0 Å². The van der Waals surface area contributed by atoms with Crippen LogP contribution >= 0.6 is 0 Å². The molecule has 1 heterocycles. The summed E-state index contributed by atoms with van der Waals surface area (Å²) >= 11 is 0. The van der Waals surface area contributed by atoms with E-state index in [1.807, 2.05) is 0 Å². The smallest absolute Gasteiger partial charge is 0.291 e. The van der Waals surface area contributed by atoms with Gasteiger partial charge < -0.3 is 5.21 Å². The van der Waals surface area contributed by atoms with Crippen molar-refractivity contribution in [2.45, 2.75) is 0 Å². The maximum Gasteiger partial charge on any atom is 0.291 e. The Morgan fingerprint density at radius 3 is 2.33 bits per heavy atom. The van der Waals surface area contributed by atoms with Crippen LogP contribution in [0, 0.1) is 10.1 Å². The van der Waals surface area contributed by atoms with Crippen molar-refractivity contribution in [3.05, 3.63) is 22.4 Å². The van der Waals surface area contributed by atoms with E-state index in [-0.39, 0.29) is 0 Å². The molecular formula is C3H4N3O3. The number of nitrogens with zero attached hydrogens (tertiary/aromatic N) is 3. The molecule has 0 aromatic carbocycles. The minimum atomic E-state index is -1.50. The summed E-state index contributed by atoms with van der Waals surface area (Å²) in [7, 11) is 0. The highest BCUT2D eigenvalue weighted by Crippen LogP contribution is 1.73. The monoisotopic (exact) mass is 130 g/mol. The molecule has 0 unspecified atom stereocenters. The Morgan fingerprint density at radius 2 is 2.22 bits per heavy atom. The molecule has 0 spiro atoms. The van der Waals surface area contributed by atoms with Crippen molar-refractivity contribution in [3.63, 3.8) is 0 Å². The van der Waals surface area contributed by atoms with Gasteiger partial charge in [-0.15, -0.1) is 10.1 Å². The summed E-state index contributed by atoms with van der Waals surface area (Å²) in [5.41, 5.74) is 3.47. The van der Waals surface area contributed by atoms with E-state index >= 15 is 0 Å². The van der Waals surface area contributed by atoms with Gasteiger partial charge in [-0.05, 0) is 6.08 Å². The molecule has 0 aromatic rings. The van der Waals surface area contributed by atoms with Crippen LogP contribution in [0.3, 0.4) is 0 Å². The molecule has 0 saturated carbocycles. The lowest BCUT2D eigenvalue weighted by Crippen LogP contribution is -1.81. The molecule has 1 aliphatic heterocycles. The summed E-state index contributed by atoms with van der Waals surface area (Å²) < 4.78 is 0. The number of allylic oxidation sites excluding steroid dienone is 1. The Morgan fingerprint density at radius 1 is 1.67 bits per heavy atom. The average Bonchev–Trinajstić information content (AvgIpc) is 2.11. The summed E-state index contributed by atoms with van der Waals surface area (Å²) in [6.45, 7) is 0. The quantitative estimate of drug-likeness (QED) is 0.362. The fourth-order valence-electron chi connectivity index (χ4n) is 0.192. The van der Waals surface area contributed by atoms with Crippen LogP contribution in [-0.4, -0.2) is 16.5 Å². The third-order valence-electron chi connectivity index (χ3n) is 0.372. The first-order valence-electron chi connectivity index (χ1n) is 1.95. The zero-order valence-corrected chi connectivity index (χ0v) is 4.34. The maximum atomic E-state index is 8.36. The van der Waals surface area contributed by atoms with Crippen molar-refractivity contribution in [1.82, 2.24) is 5.43 Å². The molecule has 0 saturated heterocycles. The Kier molecular flexibility index (Phi) is 3.76. The molecule has 1 rings (SSSR count). The van der Waals surface area contributed by atoms with E-state index in [1.54, 1.807) is 18.5 Å². The lowest BCUT2D eigenvalue weighted by Gasteiger charge is -1.62. The third-order valence-corrected chi connectivity index (χ3v) is 0.372. The molecule has 9 heavy (non-hydrogen) atoms. The Hall–Kier alpha value is -1.59. The second-order valence-electron chi connectivity index (χ2n) is 0.959. The zero-order chi connectivity index (χ0) is 7.11. The van der Waals surface area contributed by atoms with Gasteiger partial charge in [0.2, 0.25) is 0 Å². The van der Waals surface area contributed by atoms with Crippen molar-refractivity contribution in [3.8, 4) is 0 Å². The van der Waals surface area contributed by atoms with E-state index < -0.39 is 5.09 Å². The van der Waals surface area contributed by atoms with E-state index in [4.69, 9.17) is 15.3 Å². The predicted molar refractivity (Wildman–Crippen MR) is 28.5 cm³/mol. The minimum absolute atomic E-state index is 1.50. The molecule has 0 amide bonds.